The molecule has 2 aromatic rings. The quantitative estimate of drug-likeness (QED) is 0.689. The highest BCUT2D eigenvalue weighted by atomic mass is 19.1. The van der Waals surface area contributed by atoms with Gasteiger partial charge in [0.05, 0.1) is 42.5 Å². The maximum atomic E-state index is 16.0. The Labute approximate surface area is 190 Å². The summed E-state index contributed by atoms with van der Waals surface area (Å²) in [5.41, 5.74) is 0.803. The smallest absolute Gasteiger partial charge is 0.416 e. The number of cyclic esters (lactones) is 1. The number of halogens is 1. The van der Waals surface area contributed by atoms with Gasteiger partial charge in [-0.15, -0.1) is 0 Å². The normalized spacial score (nSPS) is 26.5. The Kier molecular flexibility index (Phi) is 6.12. The molecule has 3 aliphatic rings. The van der Waals surface area contributed by atoms with Gasteiger partial charge in [0.2, 0.25) is 5.58 Å². The number of carbonyl (C=O) groups is 1. The molecule has 3 unspecified atom stereocenters. The maximum Gasteiger partial charge on any atom is 0.416 e. The standard InChI is InChI=1S/C22H28FN3O7/c1-12-9-25(10-13(2)32-12)18-15(21-29-6-7-30-21)8-16-19(17(18)23)33-24-20(16)26-14(4-3-5-27)11-31-22(26)28/h8,12-14,21,27H,3-7,9-11H2,1-2H3. The van der Waals surface area contributed by atoms with E-state index in [1.165, 1.54) is 4.90 Å². The number of aliphatic hydroxyl groups excluding tert-OH is 1. The highest BCUT2D eigenvalue weighted by Gasteiger charge is 2.39. The second kappa shape index (κ2) is 9.05. The lowest BCUT2D eigenvalue weighted by Gasteiger charge is -2.38. The van der Waals surface area contributed by atoms with E-state index in [-0.39, 0.29) is 42.9 Å². The monoisotopic (exact) mass is 465 g/mol. The first-order chi connectivity index (χ1) is 16.0. The number of anilines is 2. The van der Waals surface area contributed by atoms with Crippen molar-refractivity contribution in [3.63, 3.8) is 0 Å². The Balaban J connectivity index is 1.62. The molecule has 0 aliphatic carbocycles. The molecule has 0 bridgehead atoms. The number of aromatic nitrogens is 1. The fourth-order valence-corrected chi connectivity index (χ4v) is 4.87. The van der Waals surface area contributed by atoms with Gasteiger partial charge in [-0.25, -0.2) is 9.18 Å². The first-order valence-electron chi connectivity index (χ1n) is 11.3. The predicted octanol–water partition coefficient (Wildman–Crippen LogP) is 2.72. The zero-order valence-corrected chi connectivity index (χ0v) is 18.7. The lowest BCUT2D eigenvalue weighted by atomic mass is 10.0. The minimum Gasteiger partial charge on any atom is -0.447 e. The fraction of sp³-hybridized carbons (Fsp3) is 0.636. The van der Waals surface area contributed by atoms with Crippen molar-refractivity contribution in [1.82, 2.24) is 5.16 Å². The molecular weight excluding hydrogens is 437 g/mol. The highest BCUT2D eigenvalue weighted by molar-refractivity contribution is 6.01. The summed E-state index contributed by atoms with van der Waals surface area (Å²) in [6, 6.07) is 1.40. The number of hydrogen-bond donors (Lipinski definition) is 1. The van der Waals surface area contributed by atoms with Crippen LogP contribution in [0.3, 0.4) is 0 Å². The third kappa shape index (κ3) is 4.03. The number of rotatable bonds is 6. The van der Waals surface area contributed by atoms with Gasteiger partial charge >= 0.3 is 6.09 Å². The minimum absolute atomic E-state index is 0.00696. The number of fused-ring (bicyclic) bond motifs is 1. The van der Waals surface area contributed by atoms with E-state index in [0.29, 0.717) is 55.8 Å². The van der Waals surface area contributed by atoms with E-state index in [1.54, 1.807) is 6.07 Å². The Bertz CT molecular complexity index is 1020. The lowest BCUT2D eigenvalue weighted by molar-refractivity contribution is -0.0445. The molecule has 180 valence electrons. The average Bonchev–Trinajstić information content (AvgIpc) is 3.51. The van der Waals surface area contributed by atoms with Gasteiger partial charge in [-0.05, 0) is 32.8 Å². The molecule has 0 radical (unpaired) electrons. The molecule has 11 heteroatoms. The van der Waals surface area contributed by atoms with Gasteiger partial charge in [-0.2, -0.15) is 0 Å². The summed E-state index contributed by atoms with van der Waals surface area (Å²) in [6.45, 7) is 5.84. The summed E-state index contributed by atoms with van der Waals surface area (Å²) in [4.78, 5) is 15.8. The van der Waals surface area contributed by atoms with Crippen LogP contribution < -0.4 is 9.80 Å². The van der Waals surface area contributed by atoms with Gasteiger partial charge in [0.25, 0.3) is 0 Å². The van der Waals surface area contributed by atoms with Crippen LogP contribution in [-0.4, -0.2) is 74.1 Å². The van der Waals surface area contributed by atoms with E-state index in [2.05, 4.69) is 5.16 Å². The molecule has 3 fully saturated rings. The molecule has 1 aromatic heterocycles. The van der Waals surface area contributed by atoms with Gasteiger partial charge in [-0.3, -0.25) is 4.90 Å². The van der Waals surface area contributed by atoms with Crippen molar-refractivity contribution >= 4 is 28.6 Å². The van der Waals surface area contributed by atoms with Gasteiger partial charge in [0.15, 0.2) is 17.9 Å². The van der Waals surface area contributed by atoms with Gasteiger partial charge in [-0.1, -0.05) is 5.16 Å². The number of carbonyl (C=O) groups excluding carboxylic acids is 1. The van der Waals surface area contributed by atoms with Crippen LogP contribution in [0.5, 0.6) is 0 Å². The molecular formula is C22H28FN3O7. The van der Waals surface area contributed by atoms with Crippen LogP contribution in [-0.2, 0) is 18.9 Å². The van der Waals surface area contributed by atoms with Crippen LogP contribution in [0.15, 0.2) is 10.6 Å². The van der Waals surface area contributed by atoms with Crippen LogP contribution in [0.4, 0.5) is 20.7 Å². The Morgan fingerprint density at radius 2 is 1.94 bits per heavy atom. The van der Waals surface area contributed by atoms with Gasteiger partial charge in [0.1, 0.15) is 6.61 Å². The molecule has 1 aromatic carbocycles. The first-order valence-corrected chi connectivity index (χ1v) is 11.3. The molecule has 0 spiro atoms. The highest BCUT2D eigenvalue weighted by Crippen LogP contribution is 2.42. The number of morpholine rings is 1. The summed E-state index contributed by atoms with van der Waals surface area (Å²) in [5, 5.41) is 13.6. The SMILES string of the molecule is CC1CN(c2c(C3OCCO3)cc3c(N4C(=O)OCC4CCCO)noc3c2F)CC(C)O1. The summed E-state index contributed by atoms with van der Waals surface area (Å²) >= 11 is 0. The van der Waals surface area contributed by atoms with E-state index in [1.807, 2.05) is 18.7 Å². The molecule has 1 amide bonds. The Morgan fingerprint density at radius 3 is 2.64 bits per heavy atom. The summed E-state index contributed by atoms with van der Waals surface area (Å²) in [6.07, 6.45) is -0.482. The van der Waals surface area contributed by atoms with E-state index in [0.717, 1.165) is 0 Å². The van der Waals surface area contributed by atoms with Crippen molar-refractivity contribution in [1.29, 1.82) is 0 Å². The average molecular weight is 465 g/mol. The van der Waals surface area contributed by atoms with E-state index in [9.17, 15) is 9.90 Å². The summed E-state index contributed by atoms with van der Waals surface area (Å²) < 4.78 is 44.0. The molecule has 0 saturated carbocycles. The van der Waals surface area contributed by atoms with Gasteiger partial charge < -0.3 is 33.5 Å². The van der Waals surface area contributed by atoms with Crippen molar-refractivity contribution in [2.24, 2.45) is 0 Å². The second-order valence-electron chi connectivity index (χ2n) is 8.71. The van der Waals surface area contributed by atoms with Crippen molar-refractivity contribution < 1.29 is 37.8 Å². The van der Waals surface area contributed by atoms with E-state index >= 15 is 4.39 Å². The van der Waals surface area contributed by atoms with Gasteiger partial charge in [0, 0.05) is 25.3 Å². The molecule has 10 nitrogen and oxygen atoms in total. The topological polar surface area (TPSA) is 107 Å². The number of nitrogens with zero attached hydrogens (tertiary/aromatic N) is 3. The maximum absolute atomic E-state index is 16.0. The van der Waals surface area contributed by atoms with Crippen molar-refractivity contribution in [3.05, 3.63) is 17.4 Å². The zero-order valence-electron chi connectivity index (χ0n) is 18.7. The Morgan fingerprint density at radius 1 is 1.21 bits per heavy atom. The van der Waals surface area contributed by atoms with Crippen molar-refractivity contribution in [3.8, 4) is 0 Å². The summed E-state index contributed by atoms with van der Waals surface area (Å²) in [7, 11) is 0. The van der Waals surface area contributed by atoms with Crippen molar-refractivity contribution in [2.75, 3.05) is 49.3 Å². The predicted molar refractivity (Wildman–Crippen MR) is 115 cm³/mol. The lowest BCUT2D eigenvalue weighted by Crippen LogP contribution is -2.46. The Hall–Kier alpha value is -2.47. The molecule has 3 atom stereocenters. The minimum atomic E-state index is -0.745. The third-order valence-corrected chi connectivity index (χ3v) is 6.19. The summed E-state index contributed by atoms with van der Waals surface area (Å²) in [5.74, 6) is -0.398. The zero-order chi connectivity index (χ0) is 23.1. The number of aliphatic hydroxyl groups is 1. The molecule has 3 aliphatic heterocycles. The van der Waals surface area contributed by atoms with Crippen LogP contribution in [0.25, 0.3) is 11.0 Å². The van der Waals surface area contributed by atoms with Crippen LogP contribution >= 0.6 is 0 Å². The molecule has 33 heavy (non-hydrogen) atoms. The number of amides is 1. The fourth-order valence-electron chi connectivity index (χ4n) is 4.87. The van der Waals surface area contributed by atoms with Crippen LogP contribution in [0.2, 0.25) is 0 Å². The largest absolute Gasteiger partial charge is 0.447 e. The third-order valence-electron chi connectivity index (χ3n) is 6.19. The molecule has 4 heterocycles. The number of ether oxygens (including phenoxy) is 4. The number of benzene rings is 1. The molecule has 1 N–H and O–H groups in total. The van der Waals surface area contributed by atoms with Crippen LogP contribution in [0.1, 0.15) is 38.5 Å². The first kappa shape index (κ1) is 22.3. The molecule has 3 saturated heterocycles. The van der Waals surface area contributed by atoms with E-state index < -0.39 is 18.2 Å². The second-order valence-corrected chi connectivity index (χ2v) is 8.71. The van der Waals surface area contributed by atoms with Crippen molar-refractivity contribution in [2.45, 2.75) is 51.2 Å². The number of hydrogen-bond acceptors (Lipinski definition) is 9. The van der Waals surface area contributed by atoms with Crippen LogP contribution in [0, 0.1) is 5.82 Å². The molecule has 5 rings (SSSR count). The van der Waals surface area contributed by atoms with E-state index in [4.69, 9.17) is 23.5 Å².